The van der Waals surface area contributed by atoms with Gasteiger partial charge in [0.1, 0.15) is 12.1 Å². The van der Waals surface area contributed by atoms with Crippen molar-refractivity contribution in [2.24, 2.45) is 5.73 Å². The molecule has 0 aliphatic carbocycles. The highest BCUT2D eigenvalue weighted by Gasteiger charge is 2.43. The van der Waals surface area contributed by atoms with Crippen molar-refractivity contribution < 1.29 is 18.3 Å². The van der Waals surface area contributed by atoms with Crippen molar-refractivity contribution in [1.82, 2.24) is 0 Å². The van der Waals surface area contributed by atoms with Gasteiger partial charge in [0, 0.05) is 0 Å². The Bertz CT molecular complexity index is 382. The number of fused-ring (bicyclic) bond motifs is 1. The first-order valence-corrected chi connectivity index (χ1v) is 4.97. The molecule has 0 saturated carbocycles. The standard InChI is InChI=1S/C11H13F2NO2/c1-11(14,10(12)13)9-6-15-7-4-2-3-5-8(7)16-9/h2-5,9-10H,6,14H2,1H3. The van der Waals surface area contributed by atoms with Gasteiger partial charge in [0.25, 0.3) is 6.43 Å². The van der Waals surface area contributed by atoms with E-state index >= 15 is 0 Å². The van der Waals surface area contributed by atoms with Crippen LogP contribution in [0.4, 0.5) is 8.78 Å². The lowest BCUT2D eigenvalue weighted by Crippen LogP contribution is -2.59. The molecule has 0 saturated heterocycles. The number of hydrogen-bond donors (Lipinski definition) is 1. The Balaban J connectivity index is 2.20. The zero-order chi connectivity index (χ0) is 11.8. The van der Waals surface area contributed by atoms with Crippen LogP contribution >= 0.6 is 0 Å². The fourth-order valence-corrected chi connectivity index (χ4v) is 1.47. The molecular formula is C11H13F2NO2. The molecule has 2 N–H and O–H groups in total. The van der Waals surface area contributed by atoms with E-state index < -0.39 is 18.1 Å². The predicted molar refractivity (Wildman–Crippen MR) is 54.9 cm³/mol. The van der Waals surface area contributed by atoms with Crippen LogP contribution in [0.5, 0.6) is 11.5 Å². The maximum atomic E-state index is 12.7. The molecule has 0 bridgehead atoms. The third-order valence-corrected chi connectivity index (χ3v) is 2.67. The number of benzene rings is 1. The fraction of sp³-hybridized carbons (Fsp3) is 0.455. The highest BCUT2D eigenvalue weighted by atomic mass is 19.3. The van der Waals surface area contributed by atoms with Gasteiger partial charge < -0.3 is 15.2 Å². The van der Waals surface area contributed by atoms with Crippen LogP contribution in [0.1, 0.15) is 6.92 Å². The number of hydrogen-bond acceptors (Lipinski definition) is 3. The van der Waals surface area contributed by atoms with E-state index in [2.05, 4.69) is 0 Å². The highest BCUT2D eigenvalue weighted by molar-refractivity contribution is 5.41. The van der Waals surface area contributed by atoms with Gasteiger partial charge in [-0.1, -0.05) is 12.1 Å². The minimum atomic E-state index is -2.66. The second-order valence-electron chi connectivity index (χ2n) is 4.03. The normalized spacial score (nSPS) is 22.9. The zero-order valence-electron chi connectivity index (χ0n) is 8.82. The van der Waals surface area contributed by atoms with Crippen molar-refractivity contribution in [3.63, 3.8) is 0 Å². The van der Waals surface area contributed by atoms with Crippen LogP contribution < -0.4 is 15.2 Å². The molecule has 0 fully saturated rings. The third-order valence-electron chi connectivity index (χ3n) is 2.67. The number of halogens is 2. The first-order chi connectivity index (χ1) is 7.51. The van der Waals surface area contributed by atoms with Gasteiger partial charge in [0.2, 0.25) is 0 Å². The minimum Gasteiger partial charge on any atom is -0.486 e. The summed E-state index contributed by atoms with van der Waals surface area (Å²) in [6.45, 7) is 1.30. The SMILES string of the molecule is CC(N)(C(F)F)C1COc2ccccc2O1. The second kappa shape index (κ2) is 3.90. The van der Waals surface area contributed by atoms with Crippen molar-refractivity contribution in [2.75, 3.05) is 6.61 Å². The third kappa shape index (κ3) is 1.82. The summed E-state index contributed by atoms with van der Waals surface area (Å²) in [5.41, 5.74) is 3.82. The maximum Gasteiger partial charge on any atom is 0.259 e. The molecule has 1 aliphatic rings. The van der Waals surface area contributed by atoms with E-state index in [1.807, 2.05) is 0 Å². The summed E-state index contributed by atoms with van der Waals surface area (Å²) in [6.07, 6.45) is -3.51. The van der Waals surface area contributed by atoms with E-state index in [1.54, 1.807) is 24.3 Å². The first kappa shape index (κ1) is 11.1. The zero-order valence-corrected chi connectivity index (χ0v) is 8.82. The van der Waals surface area contributed by atoms with Gasteiger partial charge in [-0.05, 0) is 19.1 Å². The predicted octanol–water partition coefficient (Wildman–Crippen LogP) is 1.81. The Kier molecular flexibility index (Phi) is 2.71. The summed E-state index contributed by atoms with van der Waals surface area (Å²) in [7, 11) is 0. The van der Waals surface area contributed by atoms with E-state index in [0.29, 0.717) is 11.5 Å². The summed E-state index contributed by atoms with van der Waals surface area (Å²) in [4.78, 5) is 0. The molecule has 3 nitrogen and oxygen atoms in total. The van der Waals surface area contributed by atoms with E-state index in [4.69, 9.17) is 15.2 Å². The van der Waals surface area contributed by atoms with Crippen LogP contribution in [0, 0.1) is 0 Å². The van der Waals surface area contributed by atoms with E-state index in [-0.39, 0.29) is 6.61 Å². The first-order valence-electron chi connectivity index (χ1n) is 4.97. The lowest BCUT2D eigenvalue weighted by Gasteiger charge is -2.36. The quantitative estimate of drug-likeness (QED) is 0.841. The van der Waals surface area contributed by atoms with E-state index in [0.717, 1.165) is 0 Å². The molecule has 16 heavy (non-hydrogen) atoms. The molecule has 0 aromatic heterocycles. The van der Waals surface area contributed by atoms with Crippen molar-refractivity contribution in [1.29, 1.82) is 0 Å². The van der Waals surface area contributed by atoms with Gasteiger partial charge in [-0.25, -0.2) is 8.78 Å². The van der Waals surface area contributed by atoms with Crippen LogP contribution in [0.15, 0.2) is 24.3 Å². The molecule has 2 unspecified atom stereocenters. The Labute approximate surface area is 92.1 Å². The number of ether oxygens (including phenoxy) is 2. The Morgan fingerprint density at radius 2 is 2.00 bits per heavy atom. The summed E-state index contributed by atoms with van der Waals surface area (Å²) < 4.78 is 36.2. The fourth-order valence-electron chi connectivity index (χ4n) is 1.47. The van der Waals surface area contributed by atoms with Crippen LogP contribution in [-0.4, -0.2) is 24.7 Å². The molecule has 1 heterocycles. The molecule has 2 rings (SSSR count). The molecule has 1 aliphatic heterocycles. The number of rotatable bonds is 2. The maximum absolute atomic E-state index is 12.7. The summed E-state index contributed by atoms with van der Waals surface area (Å²) in [6, 6.07) is 6.93. The van der Waals surface area contributed by atoms with Crippen LogP contribution in [0.2, 0.25) is 0 Å². The smallest absolute Gasteiger partial charge is 0.259 e. The van der Waals surface area contributed by atoms with Crippen LogP contribution in [0.25, 0.3) is 0 Å². The Morgan fingerprint density at radius 3 is 2.62 bits per heavy atom. The number of alkyl halides is 2. The highest BCUT2D eigenvalue weighted by Crippen LogP contribution is 2.34. The molecule has 1 aromatic carbocycles. The molecular weight excluding hydrogens is 216 g/mol. The van der Waals surface area contributed by atoms with Crippen molar-refractivity contribution in [3.05, 3.63) is 24.3 Å². The second-order valence-corrected chi connectivity index (χ2v) is 4.03. The van der Waals surface area contributed by atoms with Gasteiger partial charge in [-0.3, -0.25) is 0 Å². The lowest BCUT2D eigenvalue weighted by molar-refractivity contribution is -0.0389. The van der Waals surface area contributed by atoms with E-state index in [1.165, 1.54) is 6.92 Å². The molecule has 5 heteroatoms. The number of para-hydroxylation sites is 2. The van der Waals surface area contributed by atoms with Crippen molar-refractivity contribution in [2.45, 2.75) is 25.0 Å². The molecule has 2 atom stereocenters. The Morgan fingerprint density at radius 1 is 1.38 bits per heavy atom. The topological polar surface area (TPSA) is 44.5 Å². The average Bonchev–Trinajstić information content (AvgIpc) is 2.28. The van der Waals surface area contributed by atoms with E-state index in [9.17, 15) is 8.78 Å². The molecule has 88 valence electrons. The molecule has 0 spiro atoms. The van der Waals surface area contributed by atoms with Crippen LogP contribution in [0.3, 0.4) is 0 Å². The Hall–Kier alpha value is -1.36. The van der Waals surface area contributed by atoms with Gasteiger partial charge in [-0.15, -0.1) is 0 Å². The monoisotopic (exact) mass is 229 g/mol. The van der Waals surface area contributed by atoms with Gasteiger partial charge in [-0.2, -0.15) is 0 Å². The molecule has 1 aromatic rings. The van der Waals surface area contributed by atoms with Gasteiger partial charge in [0.05, 0.1) is 0 Å². The number of nitrogens with two attached hydrogens (primary N) is 1. The molecule has 0 radical (unpaired) electrons. The van der Waals surface area contributed by atoms with Crippen molar-refractivity contribution in [3.8, 4) is 11.5 Å². The largest absolute Gasteiger partial charge is 0.486 e. The molecule has 0 amide bonds. The van der Waals surface area contributed by atoms with Gasteiger partial charge in [0.15, 0.2) is 17.6 Å². The lowest BCUT2D eigenvalue weighted by atomic mass is 9.96. The summed E-state index contributed by atoms with van der Waals surface area (Å²) in [5.74, 6) is 1.01. The minimum absolute atomic E-state index is 0.0361. The van der Waals surface area contributed by atoms with Crippen LogP contribution in [-0.2, 0) is 0 Å². The van der Waals surface area contributed by atoms with Crippen molar-refractivity contribution >= 4 is 0 Å². The van der Waals surface area contributed by atoms with Gasteiger partial charge >= 0.3 is 0 Å². The average molecular weight is 229 g/mol. The summed E-state index contributed by atoms with van der Waals surface area (Å²) in [5, 5.41) is 0. The summed E-state index contributed by atoms with van der Waals surface area (Å²) >= 11 is 0.